The summed E-state index contributed by atoms with van der Waals surface area (Å²) in [6.45, 7) is 10.3. The molecule has 0 fully saturated rings. The molecule has 0 aliphatic heterocycles. The number of ether oxygens (including phenoxy) is 3. The van der Waals surface area contributed by atoms with E-state index < -0.39 is 17.8 Å². The van der Waals surface area contributed by atoms with Crippen LogP contribution in [0.4, 0.5) is 20.7 Å². The number of hydrogen-bond acceptors (Lipinski definition) is 8. The molecule has 1 heterocycles. The van der Waals surface area contributed by atoms with Gasteiger partial charge in [-0.15, -0.1) is 6.42 Å². The number of terminal acetylenes is 1. The minimum atomic E-state index is -0.842. The number of carbonyl (C=O) groups excluding carboxylic acids is 1. The van der Waals surface area contributed by atoms with Crippen molar-refractivity contribution in [3.05, 3.63) is 11.8 Å². The van der Waals surface area contributed by atoms with E-state index in [1.165, 1.54) is 58.5 Å². The SMILES string of the molecule is C#CC(CCC)(COC(=O)OCCCCCCCCCCCC)OC.Cc1nc(F)nc(N)c1N=CC(C)C. The van der Waals surface area contributed by atoms with Crippen molar-refractivity contribution in [3.8, 4) is 12.3 Å². The summed E-state index contributed by atoms with van der Waals surface area (Å²) >= 11 is 0. The molecular weight excluding hydrogens is 499 g/mol. The first-order chi connectivity index (χ1) is 18.6. The van der Waals surface area contributed by atoms with Crippen molar-refractivity contribution in [2.24, 2.45) is 10.9 Å². The number of rotatable bonds is 18. The number of anilines is 1. The van der Waals surface area contributed by atoms with E-state index in [4.69, 9.17) is 26.4 Å². The topological polar surface area (TPSA) is 109 Å². The highest BCUT2D eigenvalue weighted by Gasteiger charge is 2.28. The molecule has 9 heteroatoms. The van der Waals surface area contributed by atoms with Gasteiger partial charge < -0.3 is 19.9 Å². The van der Waals surface area contributed by atoms with Crippen LogP contribution in [0.1, 0.15) is 110 Å². The summed E-state index contributed by atoms with van der Waals surface area (Å²) in [6, 6.07) is 0. The largest absolute Gasteiger partial charge is 0.508 e. The molecule has 1 rings (SSSR count). The first-order valence-corrected chi connectivity index (χ1v) is 14.3. The summed E-state index contributed by atoms with van der Waals surface area (Å²) in [5, 5.41) is 0. The van der Waals surface area contributed by atoms with Crippen LogP contribution in [0.2, 0.25) is 0 Å². The predicted octanol–water partition coefficient (Wildman–Crippen LogP) is 7.74. The Morgan fingerprint density at radius 1 is 1.05 bits per heavy atom. The molecule has 222 valence electrons. The van der Waals surface area contributed by atoms with Gasteiger partial charge in [-0.1, -0.05) is 97.8 Å². The third kappa shape index (κ3) is 17.5. The Morgan fingerprint density at radius 2 is 1.64 bits per heavy atom. The number of aryl methyl sites for hydroxylation is 1. The molecular formula is C30H51FN4O4. The van der Waals surface area contributed by atoms with E-state index in [0.717, 1.165) is 19.3 Å². The third-order valence-corrected chi connectivity index (χ3v) is 6.01. The van der Waals surface area contributed by atoms with Crippen LogP contribution in [0.15, 0.2) is 4.99 Å². The number of halogens is 1. The molecule has 0 aliphatic carbocycles. The number of nitrogens with two attached hydrogens (primary N) is 1. The number of aromatic nitrogens is 2. The molecule has 2 N–H and O–H groups in total. The molecule has 1 aromatic heterocycles. The Labute approximate surface area is 235 Å². The highest BCUT2D eigenvalue weighted by atomic mass is 19.1. The molecule has 0 radical (unpaired) electrons. The number of nitrogens with zero attached hydrogens (tertiary/aromatic N) is 3. The van der Waals surface area contributed by atoms with Gasteiger partial charge in [-0.3, -0.25) is 4.99 Å². The lowest BCUT2D eigenvalue weighted by molar-refractivity contribution is -0.0378. The van der Waals surface area contributed by atoms with Crippen molar-refractivity contribution >= 4 is 23.9 Å². The summed E-state index contributed by atoms with van der Waals surface area (Å²) in [7, 11) is 1.54. The number of aliphatic imine (C=N–C) groups is 1. The lowest BCUT2D eigenvalue weighted by Gasteiger charge is -2.25. The second-order valence-electron chi connectivity index (χ2n) is 10.00. The molecule has 0 aliphatic rings. The molecule has 0 spiro atoms. The Kier molecular flexibility index (Phi) is 20.6. The van der Waals surface area contributed by atoms with Crippen LogP contribution in [-0.4, -0.2) is 48.3 Å². The van der Waals surface area contributed by atoms with Gasteiger partial charge in [-0.25, -0.2) is 9.78 Å². The predicted molar refractivity (Wildman–Crippen MR) is 157 cm³/mol. The smallest absolute Gasteiger partial charge is 0.434 e. The number of unbranched alkanes of at least 4 members (excludes halogenated alkanes) is 9. The summed E-state index contributed by atoms with van der Waals surface area (Å²) < 4.78 is 28.2. The fraction of sp³-hybridized carbons (Fsp3) is 0.733. The van der Waals surface area contributed by atoms with Crippen LogP contribution in [0.25, 0.3) is 0 Å². The monoisotopic (exact) mass is 550 g/mol. The Morgan fingerprint density at radius 3 is 2.13 bits per heavy atom. The van der Waals surface area contributed by atoms with E-state index >= 15 is 0 Å². The van der Waals surface area contributed by atoms with E-state index in [9.17, 15) is 9.18 Å². The third-order valence-electron chi connectivity index (χ3n) is 6.01. The van der Waals surface area contributed by atoms with Crippen LogP contribution >= 0.6 is 0 Å². The lowest BCUT2D eigenvalue weighted by atomic mass is 10.0. The van der Waals surface area contributed by atoms with Gasteiger partial charge in [0, 0.05) is 13.3 Å². The molecule has 1 aromatic rings. The molecule has 0 saturated heterocycles. The van der Waals surface area contributed by atoms with Crippen LogP contribution < -0.4 is 5.73 Å². The zero-order valence-corrected chi connectivity index (χ0v) is 25.1. The van der Waals surface area contributed by atoms with Gasteiger partial charge in [0.05, 0.1) is 12.3 Å². The van der Waals surface area contributed by atoms with Crippen molar-refractivity contribution in [2.45, 2.75) is 117 Å². The lowest BCUT2D eigenvalue weighted by Crippen LogP contribution is -2.36. The summed E-state index contributed by atoms with van der Waals surface area (Å²) in [5.41, 5.74) is 5.56. The fourth-order valence-electron chi connectivity index (χ4n) is 3.71. The highest BCUT2D eigenvalue weighted by molar-refractivity contribution is 5.70. The van der Waals surface area contributed by atoms with Gasteiger partial charge in [0.1, 0.15) is 12.3 Å². The van der Waals surface area contributed by atoms with E-state index in [2.05, 4.69) is 27.8 Å². The summed E-state index contributed by atoms with van der Waals surface area (Å²) in [6.07, 6.45) is 19.7. The average Bonchev–Trinajstić information content (AvgIpc) is 2.89. The maximum absolute atomic E-state index is 12.7. The fourth-order valence-corrected chi connectivity index (χ4v) is 3.71. The van der Waals surface area contributed by atoms with Crippen LogP contribution in [0.3, 0.4) is 0 Å². The van der Waals surface area contributed by atoms with Crippen molar-refractivity contribution in [3.63, 3.8) is 0 Å². The van der Waals surface area contributed by atoms with E-state index in [1.807, 2.05) is 20.8 Å². The zero-order chi connectivity index (χ0) is 29.5. The second kappa shape index (κ2) is 22.1. The van der Waals surface area contributed by atoms with Gasteiger partial charge in [-0.2, -0.15) is 9.37 Å². The maximum atomic E-state index is 12.7. The standard InChI is InChI=1S/C21H38O4.C9H13FN4/c1-5-8-9-10-11-12-13-14-15-16-18-24-20(22)25-19-21(7-3,23-4)17-6-2;1-5(2)4-12-7-6(3)13-9(10)14-8(7)11/h3H,5-6,8-19H2,1-2,4H3;4-5H,1-3H3,(H2,11,13,14). The quantitative estimate of drug-likeness (QED) is 0.0654. The summed E-state index contributed by atoms with van der Waals surface area (Å²) in [5.74, 6) is 2.96. The zero-order valence-electron chi connectivity index (χ0n) is 25.1. The molecule has 0 amide bonds. The summed E-state index contributed by atoms with van der Waals surface area (Å²) in [4.78, 5) is 22.7. The molecule has 1 unspecified atom stereocenters. The van der Waals surface area contributed by atoms with Crippen molar-refractivity contribution in [1.82, 2.24) is 9.97 Å². The number of carbonyl (C=O) groups is 1. The average molecular weight is 551 g/mol. The number of methoxy groups -OCH3 is 1. The van der Waals surface area contributed by atoms with E-state index in [0.29, 0.717) is 30.3 Å². The second-order valence-corrected chi connectivity index (χ2v) is 10.00. The van der Waals surface area contributed by atoms with Crippen molar-refractivity contribution in [2.75, 3.05) is 26.1 Å². The highest BCUT2D eigenvalue weighted by Crippen LogP contribution is 2.22. The molecule has 0 saturated carbocycles. The minimum absolute atomic E-state index is 0.0324. The van der Waals surface area contributed by atoms with Gasteiger partial charge in [0.2, 0.25) is 0 Å². The number of nitrogen functional groups attached to an aromatic ring is 1. The number of hydrogen-bond donors (Lipinski definition) is 1. The minimum Gasteiger partial charge on any atom is -0.434 e. The van der Waals surface area contributed by atoms with Crippen LogP contribution in [-0.2, 0) is 14.2 Å². The Hall–Kier alpha value is -2.73. The molecule has 8 nitrogen and oxygen atoms in total. The molecule has 0 bridgehead atoms. The molecule has 0 aromatic carbocycles. The van der Waals surface area contributed by atoms with Gasteiger partial charge in [0.15, 0.2) is 11.4 Å². The van der Waals surface area contributed by atoms with E-state index in [-0.39, 0.29) is 12.4 Å². The normalized spacial score (nSPS) is 12.5. The molecule has 1 atom stereocenters. The maximum Gasteiger partial charge on any atom is 0.508 e. The van der Waals surface area contributed by atoms with E-state index in [1.54, 1.807) is 13.1 Å². The Bertz CT molecular complexity index is 850. The van der Waals surface area contributed by atoms with Crippen LogP contribution in [0, 0.1) is 31.3 Å². The first-order valence-electron chi connectivity index (χ1n) is 14.3. The van der Waals surface area contributed by atoms with Crippen molar-refractivity contribution < 1.29 is 23.4 Å². The molecule has 39 heavy (non-hydrogen) atoms. The van der Waals surface area contributed by atoms with Gasteiger partial charge >= 0.3 is 12.2 Å². The van der Waals surface area contributed by atoms with Gasteiger partial charge in [0.25, 0.3) is 0 Å². The van der Waals surface area contributed by atoms with Crippen LogP contribution in [0.5, 0.6) is 0 Å². The van der Waals surface area contributed by atoms with Crippen molar-refractivity contribution in [1.29, 1.82) is 0 Å². The first kappa shape index (κ1) is 36.3. The van der Waals surface area contributed by atoms with Gasteiger partial charge in [-0.05, 0) is 25.7 Å². The Balaban J connectivity index is 0.000000864.